The summed E-state index contributed by atoms with van der Waals surface area (Å²) < 4.78 is 21.7. The number of rotatable bonds is 11. The standard InChI is InChI=1S/C32H40N2O5/c1-32(35)22-34(18-16-24-12-14-28(37-3)30(20-24)39-5)26(25-9-7-6-8-10-25)21-31(32)33-17-15-23-11-13-27(36-2)29(19-23)38-4/h6-14,19-20,26,35H,15-18,21-22H2,1-5H3/t26-,32-/m1/s1. The molecule has 39 heavy (non-hydrogen) atoms. The number of hydrogen-bond donors (Lipinski definition) is 1. The molecule has 208 valence electrons. The Morgan fingerprint density at radius 1 is 0.795 bits per heavy atom. The lowest BCUT2D eigenvalue weighted by Crippen LogP contribution is -2.54. The molecule has 1 fully saturated rings. The summed E-state index contributed by atoms with van der Waals surface area (Å²) in [6, 6.07) is 22.6. The van der Waals surface area contributed by atoms with Crippen molar-refractivity contribution in [3.05, 3.63) is 83.4 Å². The van der Waals surface area contributed by atoms with Gasteiger partial charge in [-0.15, -0.1) is 0 Å². The van der Waals surface area contributed by atoms with Crippen molar-refractivity contribution in [2.75, 3.05) is 48.1 Å². The van der Waals surface area contributed by atoms with Gasteiger partial charge in [-0.2, -0.15) is 0 Å². The fourth-order valence-electron chi connectivity index (χ4n) is 5.27. The molecule has 7 heteroatoms. The second-order valence-electron chi connectivity index (χ2n) is 10.1. The Labute approximate surface area is 232 Å². The Morgan fingerprint density at radius 3 is 1.92 bits per heavy atom. The molecule has 7 nitrogen and oxygen atoms in total. The van der Waals surface area contributed by atoms with E-state index in [1.54, 1.807) is 28.4 Å². The molecule has 4 rings (SSSR count). The topological polar surface area (TPSA) is 72.8 Å². The third-order valence-corrected chi connectivity index (χ3v) is 7.43. The van der Waals surface area contributed by atoms with E-state index in [1.165, 1.54) is 5.56 Å². The van der Waals surface area contributed by atoms with E-state index in [4.69, 9.17) is 23.9 Å². The van der Waals surface area contributed by atoms with Gasteiger partial charge in [0.25, 0.3) is 0 Å². The van der Waals surface area contributed by atoms with Crippen molar-refractivity contribution in [2.24, 2.45) is 4.99 Å². The predicted molar refractivity (Wildman–Crippen MR) is 155 cm³/mol. The second kappa shape index (κ2) is 13.0. The number of nitrogens with zero attached hydrogens (tertiary/aromatic N) is 2. The molecule has 1 aliphatic rings. The van der Waals surface area contributed by atoms with E-state index in [-0.39, 0.29) is 6.04 Å². The van der Waals surface area contributed by atoms with Crippen molar-refractivity contribution < 1.29 is 24.1 Å². The highest BCUT2D eigenvalue weighted by Crippen LogP contribution is 2.35. The van der Waals surface area contributed by atoms with Crippen molar-refractivity contribution in [3.8, 4) is 23.0 Å². The first-order valence-corrected chi connectivity index (χ1v) is 13.4. The summed E-state index contributed by atoms with van der Waals surface area (Å²) in [5, 5.41) is 11.5. The number of aliphatic imine (C=N–C) groups is 1. The van der Waals surface area contributed by atoms with E-state index in [0.717, 1.165) is 47.7 Å². The van der Waals surface area contributed by atoms with Gasteiger partial charge in [0.2, 0.25) is 0 Å². The number of likely N-dealkylation sites (tertiary alicyclic amines) is 1. The van der Waals surface area contributed by atoms with Crippen LogP contribution in [0.15, 0.2) is 71.7 Å². The average molecular weight is 533 g/mol. The molecule has 3 aromatic carbocycles. The van der Waals surface area contributed by atoms with Gasteiger partial charge in [0.1, 0.15) is 5.60 Å². The molecule has 1 saturated heterocycles. The first-order valence-electron chi connectivity index (χ1n) is 13.4. The van der Waals surface area contributed by atoms with E-state index in [1.807, 2.05) is 43.3 Å². The number of benzene rings is 3. The van der Waals surface area contributed by atoms with Crippen LogP contribution >= 0.6 is 0 Å². The lowest BCUT2D eigenvalue weighted by Gasteiger charge is -2.44. The zero-order valence-electron chi connectivity index (χ0n) is 23.6. The van der Waals surface area contributed by atoms with E-state index in [2.05, 4.69) is 35.2 Å². The fraction of sp³-hybridized carbons (Fsp3) is 0.406. The molecule has 3 aromatic rings. The minimum atomic E-state index is -1.01. The molecule has 0 aliphatic carbocycles. The molecule has 1 N–H and O–H groups in total. The van der Waals surface area contributed by atoms with Crippen LogP contribution in [-0.2, 0) is 12.8 Å². The Bertz CT molecular complexity index is 1260. The molecule has 0 amide bonds. The molecular formula is C32H40N2O5. The van der Waals surface area contributed by atoms with Crippen LogP contribution in [0.5, 0.6) is 23.0 Å². The van der Waals surface area contributed by atoms with Crippen LogP contribution < -0.4 is 18.9 Å². The van der Waals surface area contributed by atoms with Gasteiger partial charge in [-0.25, -0.2) is 0 Å². The lowest BCUT2D eigenvalue weighted by atomic mass is 9.84. The van der Waals surface area contributed by atoms with Gasteiger partial charge in [0.15, 0.2) is 23.0 Å². The van der Waals surface area contributed by atoms with Crippen LogP contribution in [0.2, 0.25) is 0 Å². The highest BCUT2D eigenvalue weighted by molar-refractivity contribution is 5.93. The summed E-state index contributed by atoms with van der Waals surface area (Å²) in [5.41, 5.74) is 3.34. The van der Waals surface area contributed by atoms with Gasteiger partial charge < -0.3 is 24.1 Å². The molecule has 0 spiro atoms. The SMILES string of the molecule is COc1ccc(CCN=C2C[C@H](c3ccccc3)N(CCc3ccc(OC)c(OC)c3)C[C@@]2(C)O)cc1OC. The maximum atomic E-state index is 11.5. The third kappa shape index (κ3) is 6.91. The van der Waals surface area contributed by atoms with Gasteiger partial charge in [-0.3, -0.25) is 9.89 Å². The Morgan fingerprint density at radius 2 is 1.36 bits per heavy atom. The fourth-order valence-corrected chi connectivity index (χ4v) is 5.27. The normalized spacial score (nSPS) is 20.6. The summed E-state index contributed by atoms with van der Waals surface area (Å²) in [6.07, 6.45) is 2.25. The van der Waals surface area contributed by atoms with Gasteiger partial charge in [-0.05, 0) is 60.7 Å². The molecule has 0 aromatic heterocycles. The summed E-state index contributed by atoms with van der Waals surface area (Å²) >= 11 is 0. The minimum absolute atomic E-state index is 0.131. The van der Waals surface area contributed by atoms with Crippen LogP contribution in [0.4, 0.5) is 0 Å². The molecule has 0 bridgehead atoms. The predicted octanol–water partition coefficient (Wildman–Crippen LogP) is 5.15. The Hall–Kier alpha value is -3.55. The van der Waals surface area contributed by atoms with Crippen molar-refractivity contribution in [3.63, 3.8) is 0 Å². The minimum Gasteiger partial charge on any atom is -0.493 e. The maximum Gasteiger partial charge on any atom is 0.160 e. The molecule has 2 atom stereocenters. The molecule has 0 saturated carbocycles. The first-order chi connectivity index (χ1) is 18.9. The zero-order chi connectivity index (χ0) is 27.8. The third-order valence-electron chi connectivity index (χ3n) is 7.43. The molecule has 1 heterocycles. The number of methoxy groups -OCH3 is 4. The van der Waals surface area contributed by atoms with Crippen LogP contribution in [0.1, 0.15) is 36.1 Å². The summed E-state index contributed by atoms with van der Waals surface area (Å²) in [4.78, 5) is 7.31. The van der Waals surface area contributed by atoms with E-state index < -0.39 is 5.60 Å². The van der Waals surface area contributed by atoms with Crippen LogP contribution in [0.3, 0.4) is 0 Å². The second-order valence-corrected chi connectivity index (χ2v) is 10.1. The van der Waals surface area contributed by atoms with Crippen molar-refractivity contribution in [1.82, 2.24) is 4.90 Å². The van der Waals surface area contributed by atoms with E-state index in [0.29, 0.717) is 31.0 Å². The largest absolute Gasteiger partial charge is 0.493 e. The van der Waals surface area contributed by atoms with E-state index in [9.17, 15) is 5.11 Å². The van der Waals surface area contributed by atoms with Gasteiger partial charge in [0.05, 0.1) is 28.4 Å². The quantitative estimate of drug-likeness (QED) is 0.369. The Balaban J connectivity index is 1.50. The molecule has 1 aliphatic heterocycles. The van der Waals surface area contributed by atoms with Gasteiger partial charge >= 0.3 is 0 Å². The van der Waals surface area contributed by atoms with Crippen LogP contribution in [0.25, 0.3) is 0 Å². The monoisotopic (exact) mass is 532 g/mol. The number of ether oxygens (including phenoxy) is 4. The van der Waals surface area contributed by atoms with Gasteiger partial charge in [0, 0.05) is 37.8 Å². The number of β-amino-alcohol motifs (C(OH)–C–C–N with tert-alkyl or cyclic N) is 1. The average Bonchev–Trinajstić information content (AvgIpc) is 2.96. The van der Waals surface area contributed by atoms with Crippen LogP contribution in [0, 0.1) is 0 Å². The maximum absolute atomic E-state index is 11.5. The number of piperidine rings is 1. The van der Waals surface area contributed by atoms with Crippen molar-refractivity contribution in [2.45, 2.75) is 37.8 Å². The summed E-state index contributed by atoms with van der Waals surface area (Å²) in [6.45, 7) is 3.78. The molecule has 0 unspecified atom stereocenters. The smallest absolute Gasteiger partial charge is 0.160 e. The van der Waals surface area contributed by atoms with E-state index >= 15 is 0 Å². The van der Waals surface area contributed by atoms with Crippen molar-refractivity contribution >= 4 is 5.71 Å². The zero-order valence-corrected chi connectivity index (χ0v) is 23.6. The number of aliphatic hydroxyl groups is 1. The number of hydrogen-bond acceptors (Lipinski definition) is 7. The molecule has 0 radical (unpaired) electrons. The summed E-state index contributed by atoms with van der Waals surface area (Å²) in [5.74, 6) is 2.87. The van der Waals surface area contributed by atoms with Gasteiger partial charge in [-0.1, -0.05) is 42.5 Å². The lowest BCUT2D eigenvalue weighted by molar-refractivity contribution is 0.0369. The Kier molecular flexibility index (Phi) is 9.49. The van der Waals surface area contributed by atoms with Crippen molar-refractivity contribution in [1.29, 1.82) is 0 Å². The first kappa shape index (κ1) is 28.5. The highest BCUT2D eigenvalue weighted by Gasteiger charge is 2.40. The van der Waals surface area contributed by atoms with Crippen LogP contribution in [-0.4, -0.2) is 69.4 Å². The molecular weight excluding hydrogens is 492 g/mol. The summed E-state index contributed by atoms with van der Waals surface area (Å²) in [7, 11) is 6.57. The highest BCUT2D eigenvalue weighted by atomic mass is 16.5.